The number of benzene rings is 2. The molecule has 0 fully saturated rings. The van der Waals surface area contributed by atoms with Gasteiger partial charge in [-0.3, -0.25) is 14.3 Å². The number of alkyl halides is 3. The third-order valence-electron chi connectivity index (χ3n) is 4.19. The second-order valence-electron chi connectivity index (χ2n) is 5.59. The van der Waals surface area contributed by atoms with Crippen LogP contribution in [0.3, 0.4) is 0 Å². The quantitative estimate of drug-likeness (QED) is 0.706. The minimum atomic E-state index is -4.58. The molecule has 3 rings (SSSR count). The van der Waals surface area contributed by atoms with Gasteiger partial charge in [0.25, 0.3) is 5.91 Å². The van der Waals surface area contributed by atoms with E-state index in [2.05, 4.69) is 0 Å². The Hall–Kier alpha value is -2.15. The van der Waals surface area contributed by atoms with Gasteiger partial charge in [-0.1, -0.05) is 24.3 Å². The van der Waals surface area contributed by atoms with Gasteiger partial charge in [0.15, 0.2) is 5.78 Å². The molecule has 1 aliphatic heterocycles. The van der Waals surface area contributed by atoms with E-state index in [0.29, 0.717) is 5.56 Å². The van der Waals surface area contributed by atoms with Gasteiger partial charge in [0.05, 0.1) is 5.56 Å². The van der Waals surface area contributed by atoms with Crippen LogP contribution in [0.2, 0.25) is 0 Å². The van der Waals surface area contributed by atoms with E-state index in [4.69, 9.17) is 9.05 Å². The Kier molecular flexibility index (Phi) is 4.69. The highest BCUT2D eigenvalue weighted by Crippen LogP contribution is 2.64. The molecule has 1 unspecified atom stereocenters. The first-order chi connectivity index (χ1) is 12.2. The summed E-state index contributed by atoms with van der Waals surface area (Å²) in [5.74, 6) is -1.75. The van der Waals surface area contributed by atoms with E-state index < -0.39 is 31.0 Å². The van der Waals surface area contributed by atoms with Crippen molar-refractivity contribution < 1.29 is 31.6 Å². The predicted molar refractivity (Wildman–Crippen MR) is 89.1 cm³/mol. The molecular weight excluding hydrogens is 370 g/mol. The minimum Gasteiger partial charge on any atom is -0.310 e. The second kappa shape index (κ2) is 6.54. The molecule has 0 spiro atoms. The predicted octanol–water partition coefficient (Wildman–Crippen LogP) is 4.85. The van der Waals surface area contributed by atoms with Crippen LogP contribution >= 0.6 is 7.60 Å². The third kappa shape index (κ3) is 2.94. The fourth-order valence-corrected chi connectivity index (χ4v) is 4.61. The highest BCUT2D eigenvalue weighted by molar-refractivity contribution is 7.54. The van der Waals surface area contributed by atoms with Gasteiger partial charge in [0.2, 0.25) is 0 Å². The Morgan fingerprint density at radius 3 is 2.31 bits per heavy atom. The maximum Gasteiger partial charge on any atom is 0.416 e. The molecule has 0 saturated carbocycles. The van der Waals surface area contributed by atoms with E-state index in [1.54, 1.807) is 18.2 Å². The van der Waals surface area contributed by atoms with Gasteiger partial charge in [-0.2, -0.15) is 13.2 Å². The Balaban J connectivity index is 2.20. The summed E-state index contributed by atoms with van der Waals surface area (Å²) in [5, 5.41) is 0. The molecule has 2 aromatic rings. The molecule has 0 N–H and O–H groups in total. The van der Waals surface area contributed by atoms with Crippen molar-refractivity contribution >= 4 is 19.2 Å². The fraction of sp³-hybridized carbons (Fsp3) is 0.235. The summed E-state index contributed by atoms with van der Waals surface area (Å²) >= 11 is 0. The lowest BCUT2D eigenvalue weighted by atomic mass is 10.1. The highest BCUT2D eigenvalue weighted by atomic mass is 31.2. The average Bonchev–Trinajstić information content (AvgIpc) is 2.94. The molecule has 0 radical (unpaired) electrons. The van der Waals surface area contributed by atoms with Crippen LogP contribution in [0, 0.1) is 0 Å². The van der Waals surface area contributed by atoms with E-state index in [1.165, 1.54) is 32.4 Å². The van der Waals surface area contributed by atoms with Crippen molar-refractivity contribution in [1.82, 2.24) is 0 Å². The summed E-state index contributed by atoms with van der Waals surface area (Å²) in [5.41, 5.74) is -0.339. The average molecular weight is 385 g/mol. The molecule has 0 saturated heterocycles. The number of rotatable bonds is 4. The van der Waals surface area contributed by atoms with Crippen molar-refractivity contribution in [3.8, 4) is 0 Å². The topological polar surface area (TPSA) is 55.8 Å². The molecule has 138 valence electrons. The molecule has 0 bridgehead atoms. The number of amides is 1. The monoisotopic (exact) mass is 385 g/mol. The van der Waals surface area contributed by atoms with Gasteiger partial charge in [-0.05, 0) is 29.8 Å². The van der Waals surface area contributed by atoms with Gasteiger partial charge < -0.3 is 9.05 Å². The van der Waals surface area contributed by atoms with E-state index in [1.807, 2.05) is 0 Å². The Labute approximate surface area is 147 Å². The maximum absolute atomic E-state index is 13.1. The number of halogens is 3. The summed E-state index contributed by atoms with van der Waals surface area (Å²) in [6, 6.07) is 10.6. The smallest absolute Gasteiger partial charge is 0.310 e. The van der Waals surface area contributed by atoms with Crippen LogP contribution < -0.4 is 4.90 Å². The SMILES string of the molecule is COP(=O)(OC)C1c2ccccc2C(=O)N1c1cccc(C(F)(F)F)c1. The molecule has 1 atom stereocenters. The molecule has 0 aliphatic carbocycles. The van der Waals surface area contributed by atoms with Crippen LogP contribution in [-0.4, -0.2) is 20.1 Å². The summed E-state index contributed by atoms with van der Waals surface area (Å²) < 4.78 is 62.4. The number of hydrogen-bond donors (Lipinski definition) is 0. The molecule has 2 aromatic carbocycles. The second-order valence-corrected chi connectivity index (χ2v) is 7.89. The van der Waals surface area contributed by atoms with E-state index >= 15 is 0 Å². The first kappa shape index (κ1) is 18.6. The molecular formula is C17H15F3NO4P. The van der Waals surface area contributed by atoms with E-state index in [9.17, 15) is 22.5 Å². The Morgan fingerprint density at radius 1 is 1.04 bits per heavy atom. The minimum absolute atomic E-state index is 0.0413. The summed E-state index contributed by atoms with van der Waals surface area (Å²) in [4.78, 5) is 13.9. The van der Waals surface area contributed by atoms with Gasteiger partial charge >= 0.3 is 13.8 Å². The molecule has 1 amide bonds. The lowest BCUT2D eigenvalue weighted by molar-refractivity contribution is -0.137. The molecule has 1 heterocycles. The van der Waals surface area contributed by atoms with Gasteiger partial charge in [-0.25, -0.2) is 0 Å². The first-order valence-corrected chi connectivity index (χ1v) is 9.15. The van der Waals surface area contributed by atoms with E-state index in [0.717, 1.165) is 17.0 Å². The van der Waals surface area contributed by atoms with Crippen molar-refractivity contribution in [1.29, 1.82) is 0 Å². The molecule has 0 aromatic heterocycles. The van der Waals surface area contributed by atoms with Crippen LogP contribution in [0.4, 0.5) is 18.9 Å². The van der Waals surface area contributed by atoms with Crippen LogP contribution in [0.25, 0.3) is 0 Å². The Morgan fingerprint density at radius 2 is 1.69 bits per heavy atom. The number of anilines is 1. The molecule has 5 nitrogen and oxygen atoms in total. The van der Waals surface area contributed by atoms with Crippen molar-refractivity contribution in [2.45, 2.75) is 12.0 Å². The highest BCUT2D eigenvalue weighted by Gasteiger charge is 2.49. The number of fused-ring (bicyclic) bond motifs is 1. The van der Waals surface area contributed by atoms with Crippen LogP contribution in [0.1, 0.15) is 27.3 Å². The zero-order valence-corrected chi connectivity index (χ0v) is 14.8. The number of carbonyl (C=O) groups excluding carboxylic acids is 1. The summed E-state index contributed by atoms with van der Waals surface area (Å²) in [6.45, 7) is 0. The number of nitrogens with zero attached hydrogens (tertiary/aromatic N) is 1. The largest absolute Gasteiger partial charge is 0.416 e. The van der Waals surface area contributed by atoms with E-state index in [-0.39, 0.29) is 11.3 Å². The number of hydrogen-bond acceptors (Lipinski definition) is 4. The lowest BCUT2D eigenvalue weighted by Crippen LogP contribution is -2.28. The molecule has 26 heavy (non-hydrogen) atoms. The fourth-order valence-electron chi connectivity index (χ4n) is 2.97. The molecule has 1 aliphatic rings. The number of carbonyl (C=O) groups is 1. The lowest BCUT2D eigenvalue weighted by Gasteiger charge is -2.30. The van der Waals surface area contributed by atoms with Gasteiger partial charge in [0, 0.05) is 25.5 Å². The van der Waals surface area contributed by atoms with Crippen LogP contribution in [0.5, 0.6) is 0 Å². The Bertz CT molecular complexity index is 892. The zero-order chi connectivity index (χ0) is 19.1. The summed E-state index contributed by atoms with van der Waals surface area (Å²) in [6.07, 6.45) is -4.58. The zero-order valence-electron chi connectivity index (χ0n) is 13.9. The van der Waals surface area contributed by atoms with Gasteiger partial charge in [-0.15, -0.1) is 0 Å². The molecule has 9 heteroatoms. The van der Waals surface area contributed by atoms with Gasteiger partial charge in [0.1, 0.15) is 0 Å². The van der Waals surface area contributed by atoms with Crippen LogP contribution in [-0.2, 0) is 19.8 Å². The normalized spacial score (nSPS) is 17.5. The third-order valence-corrected chi connectivity index (χ3v) is 6.32. The first-order valence-electron chi connectivity index (χ1n) is 7.54. The van der Waals surface area contributed by atoms with Crippen LogP contribution in [0.15, 0.2) is 48.5 Å². The maximum atomic E-state index is 13.1. The van der Waals surface area contributed by atoms with Crippen molar-refractivity contribution in [2.75, 3.05) is 19.1 Å². The standard InChI is InChI=1S/C17H15F3NO4P/c1-24-26(23,25-2)16-14-9-4-3-8-13(14)15(22)21(16)12-7-5-6-11(10-12)17(18,19)20/h3-10,16H,1-2H3. The van der Waals surface area contributed by atoms with Crippen molar-refractivity contribution in [2.24, 2.45) is 0 Å². The van der Waals surface area contributed by atoms with Crippen molar-refractivity contribution in [3.05, 3.63) is 65.2 Å². The van der Waals surface area contributed by atoms with Crippen molar-refractivity contribution in [3.63, 3.8) is 0 Å². The summed E-state index contributed by atoms with van der Waals surface area (Å²) in [7, 11) is -1.52.